The van der Waals surface area contributed by atoms with Crippen LogP contribution < -0.4 is 11.1 Å². The van der Waals surface area contributed by atoms with Crippen molar-refractivity contribution in [3.63, 3.8) is 0 Å². The zero-order chi connectivity index (χ0) is 14.4. The molecule has 0 atom stereocenters. The van der Waals surface area contributed by atoms with E-state index in [0.29, 0.717) is 11.9 Å². The summed E-state index contributed by atoms with van der Waals surface area (Å²) >= 11 is 0. The average molecular weight is 276 g/mol. The number of nitrogens with two attached hydrogens (primary N) is 1. The Morgan fingerprint density at radius 2 is 1.75 bits per heavy atom. The Bertz CT molecular complexity index is 423. The predicted molar refractivity (Wildman–Crippen MR) is 84.9 cm³/mol. The number of aryl methyl sites for hydroxylation is 1. The zero-order valence-electron chi connectivity index (χ0n) is 12.9. The Hall–Kier alpha value is -1.32. The van der Waals surface area contributed by atoms with Crippen LogP contribution in [0, 0.1) is 6.92 Å². The van der Waals surface area contributed by atoms with E-state index in [0.717, 1.165) is 30.0 Å². The third-order valence-corrected chi connectivity index (χ3v) is 4.15. The smallest absolute Gasteiger partial charge is 0.134 e. The standard InChI is InChI=1S/C16H28N4/c1-3-9-14-19-15(17)12(2)16(20-14)18-13-10-7-5-4-6-8-11-13/h13H,3-11H2,1-2H3,(H3,17,18,19,20). The highest BCUT2D eigenvalue weighted by molar-refractivity contribution is 5.55. The minimum Gasteiger partial charge on any atom is -0.383 e. The number of aromatic nitrogens is 2. The molecule has 0 radical (unpaired) electrons. The summed E-state index contributed by atoms with van der Waals surface area (Å²) in [5.41, 5.74) is 7.01. The summed E-state index contributed by atoms with van der Waals surface area (Å²) in [5, 5.41) is 3.63. The predicted octanol–water partition coefficient (Wildman–Crippen LogP) is 3.84. The van der Waals surface area contributed by atoms with E-state index in [1.807, 2.05) is 6.92 Å². The van der Waals surface area contributed by atoms with E-state index >= 15 is 0 Å². The number of rotatable bonds is 4. The van der Waals surface area contributed by atoms with E-state index in [-0.39, 0.29) is 0 Å². The third kappa shape index (κ3) is 4.09. The topological polar surface area (TPSA) is 63.8 Å². The lowest BCUT2D eigenvalue weighted by Crippen LogP contribution is -2.22. The van der Waals surface area contributed by atoms with Crippen LogP contribution in [0.2, 0.25) is 0 Å². The Labute approximate surface area is 122 Å². The van der Waals surface area contributed by atoms with Crippen LogP contribution in [0.3, 0.4) is 0 Å². The quantitative estimate of drug-likeness (QED) is 0.877. The lowest BCUT2D eigenvalue weighted by atomic mass is 9.96. The van der Waals surface area contributed by atoms with Crippen LogP contribution in [0.5, 0.6) is 0 Å². The first-order valence-corrected chi connectivity index (χ1v) is 8.10. The van der Waals surface area contributed by atoms with Crippen LogP contribution in [0.4, 0.5) is 11.6 Å². The van der Waals surface area contributed by atoms with Crippen molar-refractivity contribution in [2.45, 2.75) is 77.7 Å². The van der Waals surface area contributed by atoms with E-state index in [1.54, 1.807) is 0 Å². The fourth-order valence-corrected chi connectivity index (χ4v) is 2.85. The molecule has 0 amide bonds. The van der Waals surface area contributed by atoms with Crippen LogP contribution in [-0.4, -0.2) is 16.0 Å². The Morgan fingerprint density at radius 3 is 2.40 bits per heavy atom. The van der Waals surface area contributed by atoms with Gasteiger partial charge in [-0.25, -0.2) is 9.97 Å². The second-order valence-electron chi connectivity index (χ2n) is 5.94. The fraction of sp³-hybridized carbons (Fsp3) is 0.750. The van der Waals surface area contributed by atoms with Gasteiger partial charge in [0.25, 0.3) is 0 Å². The largest absolute Gasteiger partial charge is 0.383 e. The molecule has 2 rings (SSSR count). The zero-order valence-corrected chi connectivity index (χ0v) is 12.9. The molecule has 1 aliphatic carbocycles. The molecule has 20 heavy (non-hydrogen) atoms. The number of nitrogens with one attached hydrogen (secondary N) is 1. The van der Waals surface area contributed by atoms with Gasteiger partial charge >= 0.3 is 0 Å². The summed E-state index contributed by atoms with van der Waals surface area (Å²) in [7, 11) is 0. The van der Waals surface area contributed by atoms with Gasteiger partial charge in [-0.1, -0.05) is 39.0 Å². The molecular formula is C16H28N4. The highest BCUT2D eigenvalue weighted by Gasteiger charge is 2.15. The van der Waals surface area contributed by atoms with Gasteiger partial charge < -0.3 is 11.1 Å². The van der Waals surface area contributed by atoms with Crippen molar-refractivity contribution in [3.05, 3.63) is 11.4 Å². The minimum absolute atomic E-state index is 0.540. The first-order valence-electron chi connectivity index (χ1n) is 8.10. The minimum atomic E-state index is 0.540. The first-order chi connectivity index (χ1) is 9.70. The summed E-state index contributed by atoms with van der Waals surface area (Å²) in [6.07, 6.45) is 11.2. The van der Waals surface area contributed by atoms with Crippen LogP contribution in [0.25, 0.3) is 0 Å². The monoisotopic (exact) mass is 276 g/mol. The summed E-state index contributed by atoms with van der Waals surface area (Å²) in [5.74, 6) is 2.44. The maximum atomic E-state index is 6.02. The lowest BCUT2D eigenvalue weighted by molar-refractivity contribution is 0.470. The molecule has 0 spiro atoms. The molecule has 3 N–H and O–H groups in total. The molecule has 112 valence electrons. The molecular weight excluding hydrogens is 248 g/mol. The van der Waals surface area contributed by atoms with Crippen molar-refractivity contribution in [2.75, 3.05) is 11.1 Å². The number of hydrogen-bond acceptors (Lipinski definition) is 4. The second kappa shape index (κ2) is 7.46. The van der Waals surface area contributed by atoms with Crippen molar-refractivity contribution in [2.24, 2.45) is 0 Å². The van der Waals surface area contributed by atoms with Gasteiger partial charge in [0, 0.05) is 18.0 Å². The van der Waals surface area contributed by atoms with Gasteiger partial charge in [0.15, 0.2) is 0 Å². The second-order valence-corrected chi connectivity index (χ2v) is 5.94. The van der Waals surface area contributed by atoms with Crippen molar-refractivity contribution < 1.29 is 0 Å². The lowest BCUT2D eigenvalue weighted by Gasteiger charge is -2.23. The summed E-state index contributed by atoms with van der Waals surface area (Å²) in [6.45, 7) is 4.15. The van der Waals surface area contributed by atoms with E-state index in [9.17, 15) is 0 Å². The van der Waals surface area contributed by atoms with Crippen molar-refractivity contribution >= 4 is 11.6 Å². The molecule has 0 aromatic carbocycles. The van der Waals surface area contributed by atoms with Crippen molar-refractivity contribution in [1.29, 1.82) is 0 Å². The summed E-state index contributed by atoms with van der Waals surface area (Å²) < 4.78 is 0. The number of nitrogens with zero attached hydrogens (tertiary/aromatic N) is 2. The summed E-state index contributed by atoms with van der Waals surface area (Å²) in [6, 6.07) is 0.540. The van der Waals surface area contributed by atoms with Gasteiger partial charge in [-0.15, -0.1) is 0 Å². The van der Waals surface area contributed by atoms with Gasteiger partial charge in [-0.3, -0.25) is 0 Å². The van der Waals surface area contributed by atoms with Gasteiger partial charge in [0.05, 0.1) is 0 Å². The van der Waals surface area contributed by atoms with Gasteiger partial charge in [0.1, 0.15) is 17.5 Å². The maximum Gasteiger partial charge on any atom is 0.134 e. The molecule has 1 aromatic rings. The number of nitrogen functional groups attached to an aromatic ring is 1. The third-order valence-electron chi connectivity index (χ3n) is 4.15. The van der Waals surface area contributed by atoms with Crippen LogP contribution in [0.1, 0.15) is 69.7 Å². The maximum absolute atomic E-state index is 6.02. The van der Waals surface area contributed by atoms with Crippen molar-refractivity contribution in [1.82, 2.24) is 9.97 Å². The fourth-order valence-electron chi connectivity index (χ4n) is 2.85. The Balaban J connectivity index is 2.09. The Morgan fingerprint density at radius 1 is 1.10 bits per heavy atom. The van der Waals surface area contributed by atoms with Crippen LogP contribution in [0.15, 0.2) is 0 Å². The highest BCUT2D eigenvalue weighted by atomic mass is 15.1. The van der Waals surface area contributed by atoms with Gasteiger partial charge in [-0.2, -0.15) is 0 Å². The molecule has 0 aliphatic heterocycles. The molecule has 1 saturated carbocycles. The Kier molecular flexibility index (Phi) is 5.62. The average Bonchev–Trinajstić information content (AvgIpc) is 2.38. The highest BCUT2D eigenvalue weighted by Crippen LogP contribution is 2.23. The van der Waals surface area contributed by atoms with Gasteiger partial charge in [-0.05, 0) is 26.2 Å². The molecule has 1 heterocycles. The van der Waals surface area contributed by atoms with Crippen LogP contribution >= 0.6 is 0 Å². The molecule has 4 heteroatoms. The van der Waals surface area contributed by atoms with Crippen LogP contribution in [-0.2, 0) is 6.42 Å². The van der Waals surface area contributed by atoms with E-state index in [2.05, 4.69) is 22.2 Å². The molecule has 4 nitrogen and oxygen atoms in total. The van der Waals surface area contributed by atoms with Crippen molar-refractivity contribution in [3.8, 4) is 0 Å². The molecule has 1 fully saturated rings. The molecule has 0 saturated heterocycles. The van der Waals surface area contributed by atoms with Gasteiger partial charge in [0.2, 0.25) is 0 Å². The SMILES string of the molecule is CCCc1nc(N)c(C)c(NC2CCCCCCC2)n1. The van der Waals surface area contributed by atoms with E-state index in [1.165, 1.54) is 44.9 Å². The molecule has 1 aromatic heterocycles. The summed E-state index contributed by atoms with van der Waals surface area (Å²) in [4.78, 5) is 9.05. The van der Waals surface area contributed by atoms with E-state index < -0.39 is 0 Å². The number of hydrogen-bond donors (Lipinski definition) is 2. The number of anilines is 2. The first kappa shape index (κ1) is 15.1. The molecule has 0 unspecified atom stereocenters. The van der Waals surface area contributed by atoms with E-state index in [4.69, 9.17) is 5.73 Å². The normalized spacial score (nSPS) is 17.5. The molecule has 0 bridgehead atoms. The molecule has 1 aliphatic rings.